The van der Waals surface area contributed by atoms with Gasteiger partial charge < -0.3 is 9.84 Å². The molecule has 0 radical (unpaired) electrons. The zero-order valence-corrected chi connectivity index (χ0v) is 38.1. The van der Waals surface area contributed by atoms with Crippen LogP contribution in [0.1, 0.15) is 302 Å². The molecule has 0 rings (SSSR count). The molecule has 0 aliphatic carbocycles. The summed E-state index contributed by atoms with van der Waals surface area (Å²) in [5.74, 6) is -0.632. The van der Waals surface area contributed by atoms with E-state index in [2.05, 4.69) is 19.1 Å². The SMILES string of the molecule is CCCCCCC=CCCCCCCCCCCCC(=O)OCCCCCCCCCCCCCCCCCCCCCCCCCCCCCCCC(=O)O. The summed E-state index contributed by atoms with van der Waals surface area (Å²) in [7, 11) is 0. The van der Waals surface area contributed by atoms with Gasteiger partial charge in [0.05, 0.1) is 6.61 Å². The van der Waals surface area contributed by atoms with Crippen LogP contribution in [0, 0.1) is 0 Å². The standard InChI is InChI=1S/C52H100O4/c1-2-3-4-5-6-7-8-9-10-24-28-31-34-37-40-43-46-49-52(55)56-50-47-44-41-38-35-32-29-26-23-21-19-17-15-13-11-12-14-16-18-20-22-25-27-30-33-36-39-42-45-48-51(53)54/h7-8H,2-6,9-50H2,1H3,(H,53,54). The van der Waals surface area contributed by atoms with E-state index in [1.807, 2.05) is 0 Å². The second-order valence-electron chi connectivity index (χ2n) is 17.7. The molecule has 0 bridgehead atoms. The first-order valence-corrected chi connectivity index (χ1v) is 25.7. The van der Waals surface area contributed by atoms with E-state index in [1.165, 1.54) is 257 Å². The number of hydrogen-bond donors (Lipinski definition) is 1. The van der Waals surface area contributed by atoms with Gasteiger partial charge in [-0.3, -0.25) is 9.59 Å². The highest BCUT2D eigenvalue weighted by Crippen LogP contribution is 2.17. The van der Waals surface area contributed by atoms with E-state index >= 15 is 0 Å². The maximum Gasteiger partial charge on any atom is 0.305 e. The van der Waals surface area contributed by atoms with Crippen molar-refractivity contribution in [1.29, 1.82) is 0 Å². The van der Waals surface area contributed by atoms with Crippen molar-refractivity contribution in [3.05, 3.63) is 12.2 Å². The van der Waals surface area contributed by atoms with Gasteiger partial charge in [0.25, 0.3) is 0 Å². The lowest BCUT2D eigenvalue weighted by atomic mass is 10.0. The number of rotatable bonds is 49. The summed E-state index contributed by atoms with van der Waals surface area (Å²) in [6, 6.07) is 0. The van der Waals surface area contributed by atoms with Gasteiger partial charge >= 0.3 is 11.9 Å². The smallest absolute Gasteiger partial charge is 0.305 e. The highest BCUT2D eigenvalue weighted by Gasteiger charge is 2.03. The van der Waals surface area contributed by atoms with Gasteiger partial charge in [-0.1, -0.05) is 257 Å². The summed E-state index contributed by atoms with van der Waals surface area (Å²) in [6.45, 7) is 2.90. The van der Waals surface area contributed by atoms with Crippen LogP contribution in [-0.2, 0) is 14.3 Å². The minimum Gasteiger partial charge on any atom is -0.481 e. The Morgan fingerprint density at radius 1 is 0.339 bits per heavy atom. The topological polar surface area (TPSA) is 63.6 Å². The molecule has 0 aliphatic rings. The molecule has 0 unspecified atom stereocenters. The van der Waals surface area contributed by atoms with Gasteiger partial charge in [-0.2, -0.15) is 0 Å². The Balaban J connectivity index is 3.15. The highest BCUT2D eigenvalue weighted by atomic mass is 16.5. The molecule has 0 saturated carbocycles. The third-order valence-electron chi connectivity index (χ3n) is 11.9. The van der Waals surface area contributed by atoms with Gasteiger partial charge in [0, 0.05) is 12.8 Å². The zero-order valence-electron chi connectivity index (χ0n) is 38.1. The number of carboxylic acids is 1. The second-order valence-corrected chi connectivity index (χ2v) is 17.7. The fourth-order valence-corrected chi connectivity index (χ4v) is 8.10. The predicted molar refractivity (Wildman–Crippen MR) is 246 cm³/mol. The van der Waals surface area contributed by atoms with Gasteiger partial charge in [0.1, 0.15) is 0 Å². The Morgan fingerprint density at radius 2 is 0.589 bits per heavy atom. The molecule has 0 aliphatic heterocycles. The van der Waals surface area contributed by atoms with Crippen molar-refractivity contribution in [2.75, 3.05) is 6.61 Å². The van der Waals surface area contributed by atoms with E-state index in [0.29, 0.717) is 19.4 Å². The van der Waals surface area contributed by atoms with Crippen molar-refractivity contribution in [2.24, 2.45) is 0 Å². The van der Waals surface area contributed by atoms with Crippen molar-refractivity contribution in [3.8, 4) is 0 Å². The molecule has 1 N–H and O–H groups in total. The van der Waals surface area contributed by atoms with E-state index < -0.39 is 5.97 Å². The number of carbonyl (C=O) groups excluding carboxylic acids is 1. The van der Waals surface area contributed by atoms with Gasteiger partial charge in [-0.05, 0) is 44.9 Å². The average molecular weight is 789 g/mol. The number of aliphatic carboxylic acids is 1. The number of allylic oxidation sites excluding steroid dienone is 2. The molecule has 0 aromatic heterocycles. The fourth-order valence-electron chi connectivity index (χ4n) is 8.10. The summed E-state index contributed by atoms with van der Waals surface area (Å²) < 4.78 is 5.49. The van der Waals surface area contributed by atoms with Crippen molar-refractivity contribution < 1.29 is 19.4 Å². The van der Waals surface area contributed by atoms with E-state index in [-0.39, 0.29) is 5.97 Å². The number of hydrogen-bond acceptors (Lipinski definition) is 3. The maximum absolute atomic E-state index is 12.0. The molecule has 56 heavy (non-hydrogen) atoms. The van der Waals surface area contributed by atoms with Crippen LogP contribution in [0.25, 0.3) is 0 Å². The number of unbranched alkanes of at least 4 members (excludes halogenated alkanes) is 41. The Morgan fingerprint density at radius 3 is 0.893 bits per heavy atom. The van der Waals surface area contributed by atoms with Crippen LogP contribution in [0.2, 0.25) is 0 Å². The number of esters is 1. The van der Waals surface area contributed by atoms with E-state index in [1.54, 1.807) is 0 Å². The number of carbonyl (C=O) groups is 2. The van der Waals surface area contributed by atoms with Gasteiger partial charge in [-0.25, -0.2) is 0 Å². The maximum atomic E-state index is 12.0. The van der Waals surface area contributed by atoms with Crippen LogP contribution in [-0.4, -0.2) is 23.7 Å². The summed E-state index contributed by atoms with van der Waals surface area (Å²) in [5.41, 5.74) is 0. The lowest BCUT2D eigenvalue weighted by Crippen LogP contribution is -2.05. The van der Waals surface area contributed by atoms with Crippen LogP contribution in [0.3, 0.4) is 0 Å². The van der Waals surface area contributed by atoms with E-state index in [4.69, 9.17) is 9.84 Å². The predicted octanol–water partition coefficient (Wildman–Crippen LogP) is 18.1. The lowest BCUT2D eigenvalue weighted by Gasteiger charge is -2.06. The Labute approximate surface area is 351 Å². The molecular formula is C52H100O4. The van der Waals surface area contributed by atoms with Gasteiger partial charge in [0.15, 0.2) is 0 Å². The van der Waals surface area contributed by atoms with Gasteiger partial charge in [0.2, 0.25) is 0 Å². The van der Waals surface area contributed by atoms with E-state index in [9.17, 15) is 9.59 Å². The molecule has 0 atom stereocenters. The van der Waals surface area contributed by atoms with Crippen LogP contribution < -0.4 is 0 Å². The van der Waals surface area contributed by atoms with Crippen LogP contribution in [0.15, 0.2) is 12.2 Å². The molecule has 0 aromatic carbocycles. The lowest BCUT2D eigenvalue weighted by molar-refractivity contribution is -0.144. The summed E-state index contributed by atoms with van der Waals surface area (Å²) >= 11 is 0. The first-order chi connectivity index (χ1) is 27.7. The minimum absolute atomic E-state index is 0.0206. The zero-order chi connectivity index (χ0) is 40.5. The number of ether oxygens (including phenoxy) is 1. The summed E-state index contributed by atoms with van der Waals surface area (Å²) in [6.07, 6.45) is 64.4. The first-order valence-electron chi connectivity index (χ1n) is 25.7. The van der Waals surface area contributed by atoms with Crippen LogP contribution in [0.5, 0.6) is 0 Å². The molecule has 332 valence electrons. The summed E-state index contributed by atoms with van der Waals surface area (Å²) in [4.78, 5) is 22.6. The Kier molecular flexibility index (Phi) is 48.7. The average Bonchev–Trinajstić information content (AvgIpc) is 3.19. The van der Waals surface area contributed by atoms with E-state index in [0.717, 1.165) is 25.7 Å². The molecule has 0 saturated heterocycles. The van der Waals surface area contributed by atoms with Gasteiger partial charge in [-0.15, -0.1) is 0 Å². The third kappa shape index (κ3) is 50.7. The molecule has 0 fully saturated rings. The molecule has 0 heterocycles. The third-order valence-corrected chi connectivity index (χ3v) is 11.9. The highest BCUT2D eigenvalue weighted by molar-refractivity contribution is 5.69. The molecule has 0 aromatic rings. The monoisotopic (exact) mass is 789 g/mol. The Bertz CT molecular complexity index is 792. The van der Waals surface area contributed by atoms with Crippen molar-refractivity contribution in [1.82, 2.24) is 0 Å². The fraction of sp³-hybridized carbons (Fsp3) is 0.923. The molecule has 0 amide bonds. The van der Waals surface area contributed by atoms with Crippen molar-refractivity contribution >= 4 is 11.9 Å². The molecule has 0 spiro atoms. The second kappa shape index (κ2) is 49.8. The van der Waals surface area contributed by atoms with Crippen molar-refractivity contribution in [3.63, 3.8) is 0 Å². The summed E-state index contributed by atoms with van der Waals surface area (Å²) in [5, 5.41) is 8.66. The first kappa shape index (κ1) is 54.7. The number of carboxylic acid groups (broad SMARTS) is 1. The van der Waals surface area contributed by atoms with Crippen molar-refractivity contribution in [2.45, 2.75) is 302 Å². The Hall–Kier alpha value is -1.32. The van der Waals surface area contributed by atoms with Crippen LogP contribution >= 0.6 is 0 Å². The molecule has 4 heteroatoms. The molecule has 4 nitrogen and oxygen atoms in total. The normalized spacial score (nSPS) is 11.6. The largest absolute Gasteiger partial charge is 0.481 e. The quantitative estimate of drug-likeness (QED) is 0.0379. The molecular weight excluding hydrogens is 689 g/mol. The minimum atomic E-state index is -0.653. The van der Waals surface area contributed by atoms with Crippen LogP contribution in [0.4, 0.5) is 0 Å².